The predicted octanol–water partition coefficient (Wildman–Crippen LogP) is 3.58. The van der Waals surface area contributed by atoms with E-state index < -0.39 is 5.97 Å². The maximum absolute atomic E-state index is 12.5. The molecular formula is C18H27NO4. The molecule has 0 bridgehead atoms. The molecule has 0 aliphatic heterocycles. The number of nitrogens with zero attached hydrogens (tertiary/aromatic N) is 1. The number of rotatable bonds is 10. The van der Waals surface area contributed by atoms with Crippen molar-refractivity contribution in [3.05, 3.63) is 29.8 Å². The molecule has 0 aliphatic rings. The molecule has 0 aromatic heterocycles. The molecule has 1 rings (SSSR count). The number of ether oxygens (including phenoxy) is 1. The van der Waals surface area contributed by atoms with Crippen LogP contribution in [0, 0.1) is 0 Å². The van der Waals surface area contributed by atoms with E-state index in [9.17, 15) is 9.59 Å². The fourth-order valence-electron chi connectivity index (χ4n) is 2.21. The first-order valence-corrected chi connectivity index (χ1v) is 8.21. The molecule has 23 heavy (non-hydrogen) atoms. The number of unbranched alkanes of at least 4 members (excludes halogenated alkanes) is 2. The highest BCUT2D eigenvalue weighted by Crippen LogP contribution is 2.16. The number of benzene rings is 1. The van der Waals surface area contributed by atoms with Gasteiger partial charge in [0.25, 0.3) is 5.91 Å². The number of hydrogen-bond acceptors (Lipinski definition) is 3. The molecular weight excluding hydrogens is 294 g/mol. The van der Waals surface area contributed by atoms with Gasteiger partial charge in [-0.25, -0.2) is 0 Å². The zero-order valence-electron chi connectivity index (χ0n) is 14.2. The molecule has 0 unspecified atom stereocenters. The number of carboxylic acid groups (broad SMARTS) is 1. The van der Waals surface area contributed by atoms with Crippen LogP contribution in [0.5, 0.6) is 5.75 Å². The van der Waals surface area contributed by atoms with Crippen molar-refractivity contribution >= 4 is 11.9 Å². The Morgan fingerprint density at radius 2 is 1.83 bits per heavy atom. The van der Waals surface area contributed by atoms with Gasteiger partial charge in [-0.2, -0.15) is 0 Å². The van der Waals surface area contributed by atoms with Gasteiger partial charge in [0.05, 0.1) is 13.0 Å². The third-order valence-corrected chi connectivity index (χ3v) is 3.57. The predicted molar refractivity (Wildman–Crippen MR) is 89.9 cm³/mol. The largest absolute Gasteiger partial charge is 0.494 e. The fourth-order valence-corrected chi connectivity index (χ4v) is 2.21. The van der Waals surface area contributed by atoms with Crippen molar-refractivity contribution in [2.45, 2.75) is 52.5 Å². The van der Waals surface area contributed by atoms with Gasteiger partial charge < -0.3 is 14.7 Å². The SMILES string of the molecule is CCCCCOc1ccc(C(=O)N(CCC(=O)O)C(C)C)cc1. The van der Waals surface area contributed by atoms with Gasteiger partial charge >= 0.3 is 5.97 Å². The van der Waals surface area contributed by atoms with Gasteiger partial charge in [0, 0.05) is 18.2 Å². The summed E-state index contributed by atoms with van der Waals surface area (Å²) in [5.74, 6) is -0.308. The van der Waals surface area contributed by atoms with E-state index in [0.717, 1.165) is 25.0 Å². The average molecular weight is 321 g/mol. The van der Waals surface area contributed by atoms with Crippen molar-refractivity contribution in [1.29, 1.82) is 0 Å². The van der Waals surface area contributed by atoms with Gasteiger partial charge in [-0.1, -0.05) is 19.8 Å². The molecule has 1 N–H and O–H groups in total. The van der Waals surface area contributed by atoms with E-state index in [-0.39, 0.29) is 24.9 Å². The zero-order chi connectivity index (χ0) is 17.2. The third kappa shape index (κ3) is 6.72. The van der Waals surface area contributed by atoms with E-state index in [1.54, 1.807) is 29.2 Å². The van der Waals surface area contributed by atoms with Crippen molar-refractivity contribution in [2.24, 2.45) is 0 Å². The van der Waals surface area contributed by atoms with E-state index in [0.29, 0.717) is 12.2 Å². The maximum atomic E-state index is 12.5. The lowest BCUT2D eigenvalue weighted by Gasteiger charge is -2.26. The molecule has 0 radical (unpaired) electrons. The van der Waals surface area contributed by atoms with Crippen molar-refractivity contribution in [3.63, 3.8) is 0 Å². The van der Waals surface area contributed by atoms with Crippen molar-refractivity contribution in [1.82, 2.24) is 4.90 Å². The Balaban J connectivity index is 2.65. The lowest BCUT2D eigenvalue weighted by Crippen LogP contribution is -2.38. The second kappa shape index (κ2) is 9.87. The molecule has 0 fully saturated rings. The average Bonchev–Trinajstić information content (AvgIpc) is 2.51. The summed E-state index contributed by atoms with van der Waals surface area (Å²) in [7, 11) is 0. The van der Waals surface area contributed by atoms with E-state index in [4.69, 9.17) is 9.84 Å². The van der Waals surface area contributed by atoms with E-state index in [1.807, 2.05) is 13.8 Å². The van der Waals surface area contributed by atoms with Crippen LogP contribution in [0.3, 0.4) is 0 Å². The van der Waals surface area contributed by atoms with Gasteiger partial charge in [0.1, 0.15) is 5.75 Å². The van der Waals surface area contributed by atoms with Gasteiger partial charge in [-0.15, -0.1) is 0 Å². The summed E-state index contributed by atoms with van der Waals surface area (Å²) in [6, 6.07) is 6.98. The first-order chi connectivity index (χ1) is 11.0. The number of carbonyl (C=O) groups excluding carboxylic acids is 1. The Bertz CT molecular complexity index is 496. The first-order valence-electron chi connectivity index (χ1n) is 8.21. The molecule has 0 aliphatic carbocycles. The van der Waals surface area contributed by atoms with Crippen LogP contribution in [0.2, 0.25) is 0 Å². The first kappa shape index (κ1) is 19.0. The Labute approximate surface area is 138 Å². The van der Waals surface area contributed by atoms with Crippen LogP contribution in [0.1, 0.15) is 56.8 Å². The maximum Gasteiger partial charge on any atom is 0.305 e. The van der Waals surface area contributed by atoms with E-state index in [1.165, 1.54) is 0 Å². The van der Waals surface area contributed by atoms with E-state index >= 15 is 0 Å². The van der Waals surface area contributed by atoms with Gasteiger partial charge in [-0.3, -0.25) is 9.59 Å². The summed E-state index contributed by atoms with van der Waals surface area (Å²) in [6.07, 6.45) is 3.26. The van der Waals surface area contributed by atoms with Crippen LogP contribution in [-0.2, 0) is 4.79 Å². The summed E-state index contributed by atoms with van der Waals surface area (Å²) in [4.78, 5) is 24.8. The van der Waals surface area contributed by atoms with Crippen LogP contribution in [0.25, 0.3) is 0 Å². The van der Waals surface area contributed by atoms with Crippen LogP contribution < -0.4 is 4.74 Å². The summed E-state index contributed by atoms with van der Waals surface area (Å²) < 4.78 is 5.63. The molecule has 5 heteroatoms. The van der Waals surface area contributed by atoms with Gasteiger partial charge in [0.2, 0.25) is 0 Å². The molecule has 0 saturated heterocycles. The van der Waals surface area contributed by atoms with E-state index in [2.05, 4.69) is 6.92 Å². The molecule has 128 valence electrons. The molecule has 1 aromatic rings. The minimum absolute atomic E-state index is 0.0492. The lowest BCUT2D eigenvalue weighted by atomic mass is 10.1. The fraction of sp³-hybridized carbons (Fsp3) is 0.556. The molecule has 0 heterocycles. The number of amides is 1. The Kier molecular flexibility index (Phi) is 8.16. The minimum Gasteiger partial charge on any atom is -0.494 e. The van der Waals surface area contributed by atoms with Crippen LogP contribution in [-0.4, -0.2) is 41.1 Å². The summed E-state index contributed by atoms with van der Waals surface area (Å²) in [5, 5.41) is 8.80. The Morgan fingerprint density at radius 1 is 1.17 bits per heavy atom. The van der Waals surface area contributed by atoms with Crippen molar-refractivity contribution < 1.29 is 19.4 Å². The second-order valence-electron chi connectivity index (χ2n) is 5.82. The van der Waals surface area contributed by atoms with Crippen molar-refractivity contribution in [3.8, 4) is 5.75 Å². The quantitative estimate of drug-likeness (QED) is 0.669. The number of carboxylic acids is 1. The highest BCUT2D eigenvalue weighted by atomic mass is 16.5. The summed E-state index contributed by atoms with van der Waals surface area (Å²) >= 11 is 0. The number of aliphatic carboxylic acids is 1. The molecule has 1 aromatic carbocycles. The minimum atomic E-state index is -0.903. The standard InChI is InChI=1S/C18H27NO4/c1-4-5-6-13-23-16-9-7-15(8-10-16)18(22)19(14(2)3)12-11-17(20)21/h7-10,14H,4-6,11-13H2,1-3H3,(H,20,21). The monoisotopic (exact) mass is 321 g/mol. The Hall–Kier alpha value is -2.04. The molecule has 0 spiro atoms. The normalized spacial score (nSPS) is 10.6. The molecule has 5 nitrogen and oxygen atoms in total. The molecule has 0 saturated carbocycles. The topological polar surface area (TPSA) is 66.8 Å². The second-order valence-corrected chi connectivity index (χ2v) is 5.82. The highest BCUT2D eigenvalue weighted by molar-refractivity contribution is 5.94. The van der Waals surface area contributed by atoms with Crippen LogP contribution >= 0.6 is 0 Å². The summed E-state index contributed by atoms with van der Waals surface area (Å²) in [6.45, 7) is 6.79. The van der Waals surface area contributed by atoms with Crippen LogP contribution in [0.15, 0.2) is 24.3 Å². The smallest absolute Gasteiger partial charge is 0.305 e. The van der Waals surface area contributed by atoms with Crippen molar-refractivity contribution in [2.75, 3.05) is 13.2 Å². The highest BCUT2D eigenvalue weighted by Gasteiger charge is 2.19. The lowest BCUT2D eigenvalue weighted by molar-refractivity contribution is -0.137. The summed E-state index contributed by atoms with van der Waals surface area (Å²) in [5.41, 5.74) is 0.546. The molecule has 1 amide bonds. The Morgan fingerprint density at radius 3 is 2.35 bits per heavy atom. The zero-order valence-corrected chi connectivity index (χ0v) is 14.2. The number of carbonyl (C=O) groups is 2. The number of hydrogen-bond donors (Lipinski definition) is 1. The third-order valence-electron chi connectivity index (χ3n) is 3.57. The van der Waals surface area contributed by atoms with Gasteiger partial charge in [0.15, 0.2) is 0 Å². The van der Waals surface area contributed by atoms with Gasteiger partial charge in [-0.05, 0) is 44.5 Å². The van der Waals surface area contributed by atoms with Crippen LogP contribution in [0.4, 0.5) is 0 Å². The molecule has 0 atom stereocenters.